The van der Waals surface area contributed by atoms with E-state index in [4.69, 9.17) is 14.6 Å². The molecule has 1 saturated heterocycles. The topological polar surface area (TPSA) is 85.3 Å². The second-order valence-corrected chi connectivity index (χ2v) is 5.18. The number of ether oxygens (including phenoxy) is 3. The summed E-state index contributed by atoms with van der Waals surface area (Å²) in [5.41, 5.74) is 0. The van der Waals surface area contributed by atoms with Crippen LogP contribution in [-0.4, -0.2) is 67.1 Å². The van der Waals surface area contributed by atoms with Gasteiger partial charge >= 0.3 is 12.1 Å². The fourth-order valence-corrected chi connectivity index (χ4v) is 2.10. The number of carbonyl (C=O) groups is 2. The van der Waals surface area contributed by atoms with Gasteiger partial charge in [-0.1, -0.05) is 12.1 Å². The van der Waals surface area contributed by atoms with Crippen molar-refractivity contribution in [1.82, 2.24) is 4.90 Å². The van der Waals surface area contributed by atoms with Crippen molar-refractivity contribution < 1.29 is 42.1 Å². The molecule has 1 aliphatic heterocycles. The molecule has 1 aromatic rings. The Morgan fingerprint density at radius 1 is 1.24 bits per heavy atom. The molecule has 25 heavy (non-hydrogen) atoms. The number of carboxylic acids is 1. The summed E-state index contributed by atoms with van der Waals surface area (Å²) in [5.74, 6) is -1.83. The number of halogens is 3. The van der Waals surface area contributed by atoms with Crippen molar-refractivity contribution >= 4 is 11.9 Å². The van der Waals surface area contributed by atoms with Crippen LogP contribution in [0.1, 0.15) is 0 Å². The van der Waals surface area contributed by atoms with Gasteiger partial charge in [-0.2, -0.15) is 13.2 Å². The molecule has 1 amide bonds. The first-order valence-electron chi connectivity index (χ1n) is 7.30. The molecule has 1 unspecified atom stereocenters. The largest absolute Gasteiger partial charge is 0.480 e. The van der Waals surface area contributed by atoms with E-state index in [-0.39, 0.29) is 31.2 Å². The van der Waals surface area contributed by atoms with Crippen LogP contribution in [0.15, 0.2) is 24.3 Å². The molecule has 0 radical (unpaired) electrons. The fraction of sp³-hybridized carbons (Fsp3) is 0.467. The minimum Gasteiger partial charge on any atom is -0.480 e. The first-order chi connectivity index (χ1) is 11.8. The van der Waals surface area contributed by atoms with Gasteiger partial charge in [0, 0.05) is 6.54 Å². The number of benzene rings is 1. The van der Waals surface area contributed by atoms with Crippen LogP contribution in [0.5, 0.6) is 11.5 Å². The first-order valence-corrected chi connectivity index (χ1v) is 7.30. The van der Waals surface area contributed by atoms with Crippen molar-refractivity contribution in [2.75, 3.05) is 32.9 Å². The van der Waals surface area contributed by atoms with Crippen molar-refractivity contribution in [3.05, 3.63) is 24.3 Å². The van der Waals surface area contributed by atoms with Gasteiger partial charge in [-0.25, -0.2) is 4.79 Å². The van der Waals surface area contributed by atoms with E-state index in [1.54, 1.807) is 0 Å². The number of carbonyl (C=O) groups excluding carboxylic acids is 1. The van der Waals surface area contributed by atoms with Crippen molar-refractivity contribution in [2.45, 2.75) is 12.3 Å². The summed E-state index contributed by atoms with van der Waals surface area (Å²) in [4.78, 5) is 24.3. The van der Waals surface area contributed by atoms with Gasteiger partial charge in [0.15, 0.2) is 30.8 Å². The Labute approximate surface area is 140 Å². The van der Waals surface area contributed by atoms with E-state index >= 15 is 0 Å². The van der Waals surface area contributed by atoms with Crippen molar-refractivity contribution in [3.63, 3.8) is 0 Å². The summed E-state index contributed by atoms with van der Waals surface area (Å²) in [5, 5.41) is 8.90. The molecule has 1 N–H and O–H groups in total. The average Bonchev–Trinajstić information content (AvgIpc) is 2.58. The number of hydrogen-bond acceptors (Lipinski definition) is 5. The predicted molar refractivity (Wildman–Crippen MR) is 77.4 cm³/mol. The molecule has 0 aromatic heterocycles. The maximum atomic E-state index is 12.2. The van der Waals surface area contributed by atoms with Gasteiger partial charge in [-0.3, -0.25) is 4.79 Å². The highest BCUT2D eigenvalue weighted by molar-refractivity contribution is 5.80. The number of morpholine rings is 1. The van der Waals surface area contributed by atoms with Crippen LogP contribution < -0.4 is 9.47 Å². The molecule has 1 aromatic carbocycles. The van der Waals surface area contributed by atoms with Crippen LogP contribution in [0.25, 0.3) is 0 Å². The standard InChI is InChI=1S/C15H16F3NO6/c16-15(17,18)9-25-11-4-2-1-3-10(11)24-8-13(20)19-5-6-23-12(7-19)14(21)22/h1-4,12H,5-9H2,(H,21,22). The minimum absolute atomic E-state index is 0.0110. The van der Waals surface area contributed by atoms with E-state index in [0.717, 1.165) is 0 Å². The van der Waals surface area contributed by atoms with Crippen LogP contribution in [-0.2, 0) is 14.3 Å². The summed E-state index contributed by atoms with van der Waals surface area (Å²) >= 11 is 0. The quantitative estimate of drug-likeness (QED) is 0.821. The number of hydrogen-bond donors (Lipinski definition) is 1. The van der Waals surface area contributed by atoms with Gasteiger partial charge in [0.05, 0.1) is 13.2 Å². The first kappa shape index (κ1) is 18.8. The summed E-state index contributed by atoms with van der Waals surface area (Å²) in [7, 11) is 0. The third kappa shape index (κ3) is 5.82. The van der Waals surface area contributed by atoms with Crippen LogP contribution >= 0.6 is 0 Å². The minimum atomic E-state index is -4.50. The number of alkyl halides is 3. The molecule has 1 atom stereocenters. The van der Waals surface area contributed by atoms with Crippen molar-refractivity contribution in [3.8, 4) is 11.5 Å². The van der Waals surface area contributed by atoms with Gasteiger partial charge in [0.2, 0.25) is 0 Å². The van der Waals surface area contributed by atoms with Crippen molar-refractivity contribution in [2.24, 2.45) is 0 Å². The monoisotopic (exact) mass is 363 g/mol. The summed E-state index contributed by atoms with van der Waals surface area (Å²) < 4.78 is 51.6. The van der Waals surface area contributed by atoms with E-state index in [0.29, 0.717) is 0 Å². The van der Waals surface area contributed by atoms with E-state index in [1.165, 1.54) is 29.2 Å². The number of aliphatic carboxylic acids is 1. The van der Waals surface area contributed by atoms with Gasteiger partial charge in [-0.05, 0) is 12.1 Å². The molecule has 0 aliphatic carbocycles. The summed E-state index contributed by atoms with van der Waals surface area (Å²) in [6.07, 6.45) is -5.61. The third-order valence-electron chi connectivity index (χ3n) is 3.29. The Kier molecular flexibility index (Phi) is 6.07. The second-order valence-electron chi connectivity index (χ2n) is 5.18. The lowest BCUT2D eigenvalue weighted by Crippen LogP contribution is -2.49. The molecule has 1 aliphatic rings. The fourth-order valence-electron chi connectivity index (χ4n) is 2.10. The van der Waals surface area contributed by atoms with E-state index < -0.39 is 37.4 Å². The second kappa shape index (κ2) is 8.06. The Hall–Kier alpha value is -2.49. The third-order valence-corrected chi connectivity index (χ3v) is 3.29. The van der Waals surface area contributed by atoms with Gasteiger partial charge in [-0.15, -0.1) is 0 Å². The Balaban J connectivity index is 1.92. The molecule has 0 spiro atoms. The molecule has 2 rings (SSSR count). The Bertz CT molecular complexity index is 622. The van der Waals surface area contributed by atoms with Crippen LogP contribution in [0.2, 0.25) is 0 Å². The summed E-state index contributed by atoms with van der Waals surface area (Å²) in [6, 6.07) is 5.66. The maximum absolute atomic E-state index is 12.2. The molecule has 10 heteroatoms. The smallest absolute Gasteiger partial charge is 0.422 e. The number of nitrogens with zero attached hydrogens (tertiary/aromatic N) is 1. The van der Waals surface area contributed by atoms with Crippen molar-refractivity contribution in [1.29, 1.82) is 0 Å². The molecular formula is C15H16F3NO6. The Morgan fingerprint density at radius 2 is 1.88 bits per heavy atom. The SMILES string of the molecule is O=C(O)C1CN(C(=O)COc2ccccc2OCC(F)(F)F)CCO1. The van der Waals surface area contributed by atoms with Crippen LogP contribution in [0.4, 0.5) is 13.2 Å². The normalized spacial score (nSPS) is 17.9. The zero-order valence-corrected chi connectivity index (χ0v) is 13.0. The summed E-state index contributed by atoms with van der Waals surface area (Å²) in [6.45, 7) is -1.78. The predicted octanol–water partition coefficient (Wildman–Crippen LogP) is 1.32. The van der Waals surface area contributed by atoms with E-state index in [1.807, 2.05) is 0 Å². The number of amides is 1. The highest BCUT2D eigenvalue weighted by Crippen LogP contribution is 2.28. The van der Waals surface area contributed by atoms with Gasteiger partial charge < -0.3 is 24.2 Å². The Morgan fingerprint density at radius 3 is 2.48 bits per heavy atom. The average molecular weight is 363 g/mol. The lowest BCUT2D eigenvalue weighted by molar-refractivity contribution is -0.160. The maximum Gasteiger partial charge on any atom is 0.422 e. The van der Waals surface area contributed by atoms with Gasteiger partial charge in [0.25, 0.3) is 5.91 Å². The molecular weight excluding hydrogens is 347 g/mol. The van der Waals surface area contributed by atoms with Crippen LogP contribution in [0, 0.1) is 0 Å². The molecule has 7 nitrogen and oxygen atoms in total. The number of para-hydroxylation sites is 2. The molecule has 1 heterocycles. The number of rotatable bonds is 6. The zero-order valence-electron chi connectivity index (χ0n) is 13.0. The number of carboxylic acid groups (broad SMARTS) is 1. The molecule has 138 valence electrons. The van der Waals surface area contributed by atoms with E-state index in [9.17, 15) is 22.8 Å². The van der Waals surface area contributed by atoms with Gasteiger partial charge in [0.1, 0.15) is 0 Å². The van der Waals surface area contributed by atoms with E-state index in [2.05, 4.69) is 4.74 Å². The molecule has 0 saturated carbocycles. The lowest BCUT2D eigenvalue weighted by atomic mass is 10.2. The molecule has 0 bridgehead atoms. The zero-order chi connectivity index (χ0) is 18.4. The highest BCUT2D eigenvalue weighted by atomic mass is 19.4. The molecule has 1 fully saturated rings. The highest BCUT2D eigenvalue weighted by Gasteiger charge is 2.30. The lowest BCUT2D eigenvalue weighted by Gasteiger charge is -2.30. The van der Waals surface area contributed by atoms with Crippen LogP contribution in [0.3, 0.4) is 0 Å².